The summed E-state index contributed by atoms with van der Waals surface area (Å²) >= 11 is 0. The van der Waals surface area contributed by atoms with Crippen LogP contribution in [0.1, 0.15) is 106 Å². The lowest BCUT2D eigenvalue weighted by atomic mass is 9.32. The predicted octanol–water partition coefficient (Wildman–Crippen LogP) is 6.75. The van der Waals surface area contributed by atoms with Gasteiger partial charge in [-0.1, -0.05) is 39.8 Å². The highest BCUT2D eigenvalue weighted by Crippen LogP contribution is 2.77. The van der Waals surface area contributed by atoms with E-state index in [-0.39, 0.29) is 45.9 Å². The molecule has 10 atom stereocenters. The Morgan fingerprint density at radius 1 is 0.944 bits per heavy atom. The fourth-order valence-electron chi connectivity index (χ4n) is 11.6. The third-order valence-corrected chi connectivity index (χ3v) is 13.7. The molecule has 5 rings (SSSR count). The normalized spacial score (nSPS) is 52.0. The molecule has 0 heterocycles. The quantitative estimate of drug-likeness (QED) is 0.344. The molecule has 5 saturated carbocycles. The van der Waals surface area contributed by atoms with Crippen molar-refractivity contribution in [2.45, 2.75) is 106 Å². The minimum atomic E-state index is -0.589. The van der Waals surface area contributed by atoms with Crippen molar-refractivity contribution >= 4 is 11.8 Å². The number of carbonyl (C=O) groups excluding carboxylic acids is 2. The molecule has 1 N–H and O–H groups in total. The van der Waals surface area contributed by atoms with Crippen molar-refractivity contribution in [1.82, 2.24) is 0 Å². The van der Waals surface area contributed by atoms with Crippen molar-refractivity contribution in [2.24, 2.45) is 56.7 Å². The zero-order valence-electron chi connectivity index (χ0n) is 23.8. The number of Topliss-reactive ketones (excluding diaryl/α,β-unsaturated/α-hetero) is 1. The van der Waals surface area contributed by atoms with E-state index >= 15 is 0 Å². The summed E-state index contributed by atoms with van der Waals surface area (Å²) in [5.74, 6) is 2.64. The molecule has 36 heavy (non-hydrogen) atoms. The molecule has 4 nitrogen and oxygen atoms in total. The fourth-order valence-corrected chi connectivity index (χ4v) is 11.6. The number of hydrogen-bond donors (Lipinski definition) is 1. The highest BCUT2D eigenvalue weighted by atomic mass is 16.5. The Hall–Kier alpha value is -1.16. The van der Waals surface area contributed by atoms with Crippen LogP contribution >= 0.6 is 0 Å². The molecule has 0 aromatic carbocycles. The third kappa shape index (κ3) is 3.27. The summed E-state index contributed by atoms with van der Waals surface area (Å²) in [6.45, 7) is 18.5. The number of ether oxygens (including phenoxy) is 1. The smallest absolute Gasteiger partial charge is 0.302 e. The Morgan fingerprint density at radius 2 is 1.67 bits per heavy atom. The van der Waals surface area contributed by atoms with Gasteiger partial charge in [0.2, 0.25) is 0 Å². The fraction of sp³-hybridized carbons (Fsp3) is 0.875. The van der Waals surface area contributed by atoms with Crippen LogP contribution in [0.5, 0.6) is 0 Å². The molecule has 0 amide bonds. The van der Waals surface area contributed by atoms with Crippen LogP contribution in [0, 0.1) is 56.7 Å². The van der Waals surface area contributed by atoms with E-state index in [9.17, 15) is 14.7 Å². The Bertz CT molecular complexity index is 956. The number of ketones is 1. The highest BCUT2D eigenvalue weighted by molar-refractivity contribution is 5.86. The van der Waals surface area contributed by atoms with Crippen molar-refractivity contribution in [1.29, 1.82) is 0 Å². The molecule has 202 valence electrons. The van der Waals surface area contributed by atoms with Gasteiger partial charge in [-0.15, -0.1) is 0 Å². The van der Waals surface area contributed by atoms with E-state index < -0.39 is 5.41 Å². The van der Waals surface area contributed by atoms with Gasteiger partial charge in [0, 0.05) is 18.8 Å². The first-order chi connectivity index (χ1) is 16.8. The summed E-state index contributed by atoms with van der Waals surface area (Å²) < 4.78 is 5.77. The Kier molecular flexibility index (Phi) is 6.18. The topological polar surface area (TPSA) is 63.6 Å². The molecule has 0 saturated heterocycles. The van der Waals surface area contributed by atoms with E-state index in [1.807, 2.05) is 6.92 Å². The zero-order valence-corrected chi connectivity index (χ0v) is 23.8. The number of rotatable bonds is 4. The van der Waals surface area contributed by atoms with Crippen molar-refractivity contribution < 1.29 is 19.4 Å². The number of hydrogen-bond acceptors (Lipinski definition) is 4. The molecule has 0 spiro atoms. The second kappa shape index (κ2) is 8.42. The maximum absolute atomic E-state index is 13.0. The summed E-state index contributed by atoms with van der Waals surface area (Å²) in [6.07, 6.45) is 10.9. The van der Waals surface area contributed by atoms with Gasteiger partial charge in [-0.2, -0.15) is 0 Å². The molecule has 4 heteroatoms. The van der Waals surface area contributed by atoms with Crippen molar-refractivity contribution in [3.63, 3.8) is 0 Å². The molecule has 5 aliphatic carbocycles. The predicted molar refractivity (Wildman–Crippen MR) is 142 cm³/mol. The van der Waals surface area contributed by atoms with Crippen LogP contribution in [0.15, 0.2) is 12.2 Å². The molecule has 0 radical (unpaired) electrons. The van der Waals surface area contributed by atoms with Crippen LogP contribution in [0.3, 0.4) is 0 Å². The molecule has 5 fully saturated rings. The molecule has 0 aromatic heterocycles. The van der Waals surface area contributed by atoms with E-state index in [1.54, 1.807) is 6.92 Å². The lowest BCUT2D eigenvalue weighted by Gasteiger charge is -2.72. The molecule has 5 aliphatic rings. The van der Waals surface area contributed by atoms with Crippen LogP contribution in [0.4, 0.5) is 0 Å². The maximum atomic E-state index is 13.0. The van der Waals surface area contributed by atoms with E-state index in [0.29, 0.717) is 36.7 Å². The van der Waals surface area contributed by atoms with Crippen LogP contribution < -0.4 is 0 Å². The molecule has 0 bridgehead atoms. The Balaban J connectivity index is 1.53. The van der Waals surface area contributed by atoms with Crippen molar-refractivity contribution in [3.05, 3.63) is 12.2 Å². The highest BCUT2D eigenvalue weighted by Gasteiger charge is 2.71. The van der Waals surface area contributed by atoms with Gasteiger partial charge in [0.05, 0.1) is 18.6 Å². The standard InChI is InChI=1S/C32H50O4/c1-20(2)22-10-15-32(19-36-21(3)34)17-16-30(6)23(27(22)32)8-9-25-28(4)13-12-26(35)29(5,18-33)24(28)11-14-31(25,30)7/h22-25,27,33H,1,8-19H2,2-7H3/t22-,23+,24+,25+,27+,28-,29?,30+,31+,32+/m0/s1. The minimum absolute atomic E-state index is 0.0174. The Morgan fingerprint density at radius 3 is 2.31 bits per heavy atom. The van der Waals surface area contributed by atoms with Gasteiger partial charge in [-0.05, 0) is 111 Å². The summed E-state index contributed by atoms with van der Waals surface area (Å²) in [5.41, 5.74) is 1.35. The van der Waals surface area contributed by atoms with E-state index in [1.165, 1.54) is 31.3 Å². The van der Waals surface area contributed by atoms with Crippen molar-refractivity contribution in [2.75, 3.05) is 13.2 Å². The molecule has 1 unspecified atom stereocenters. The monoisotopic (exact) mass is 498 g/mol. The summed E-state index contributed by atoms with van der Waals surface area (Å²) in [5, 5.41) is 10.4. The van der Waals surface area contributed by atoms with Crippen molar-refractivity contribution in [3.8, 4) is 0 Å². The SMILES string of the molecule is C=C(C)[C@@H]1CC[C@]2(COC(C)=O)CC[C@]3(C)[C@H](CC[C@@H]4[C@@]5(C)CCC(=O)C(C)(CO)[C@@H]5CC[C@]43C)[C@@H]12. The van der Waals surface area contributed by atoms with Gasteiger partial charge in [0.25, 0.3) is 0 Å². The molecule has 0 aromatic rings. The van der Waals surface area contributed by atoms with Gasteiger partial charge >= 0.3 is 5.97 Å². The number of carbonyl (C=O) groups is 2. The third-order valence-electron chi connectivity index (χ3n) is 13.7. The maximum Gasteiger partial charge on any atom is 0.302 e. The lowest BCUT2D eigenvalue weighted by molar-refractivity contribution is -0.240. The second-order valence-corrected chi connectivity index (χ2v) is 14.8. The first-order valence-electron chi connectivity index (χ1n) is 14.7. The van der Waals surface area contributed by atoms with Crippen LogP contribution in [0.25, 0.3) is 0 Å². The first kappa shape index (κ1) is 26.4. The van der Waals surface area contributed by atoms with E-state index in [0.717, 1.165) is 32.1 Å². The average Bonchev–Trinajstić information content (AvgIpc) is 3.21. The molecular weight excluding hydrogens is 448 g/mol. The first-order valence-corrected chi connectivity index (χ1v) is 14.7. The number of aliphatic hydroxyl groups excluding tert-OH is 1. The van der Waals surface area contributed by atoms with E-state index in [4.69, 9.17) is 4.74 Å². The number of fused-ring (bicyclic) bond motifs is 7. The van der Waals surface area contributed by atoms with Crippen LogP contribution in [-0.2, 0) is 14.3 Å². The average molecular weight is 499 g/mol. The molecule has 0 aliphatic heterocycles. The number of esters is 1. The van der Waals surface area contributed by atoms with E-state index in [2.05, 4.69) is 34.3 Å². The summed E-state index contributed by atoms with van der Waals surface area (Å²) in [7, 11) is 0. The summed E-state index contributed by atoms with van der Waals surface area (Å²) in [6, 6.07) is 0. The zero-order chi connectivity index (χ0) is 26.3. The second-order valence-electron chi connectivity index (χ2n) is 14.8. The number of allylic oxidation sites excluding steroid dienone is 1. The van der Waals surface area contributed by atoms with Crippen LogP contribution in [-0.4, -0.2) is 30.1 Å². The largest absolute Gasteiger partial charge is 0.465 e. The van der Waals surface area contributed by atoms with Crippen LogP contribution in [0.2, 0.25) is 0 Å². The van der Waals surface area contributed by atoms with Gasteiger partial charge in [0.1, 0.15) is 5.78 Å². The summed E-state index contributed by atoms with van der Waals surface area (Å²) in [4.78, 5) is 24.9. The lowest BCUT2D eigenvalue weighted by Crippen LogP contribution is -2.67. The number of aliphatic hydroxyl groups is 1. The minimum Gasteiger partial charge on any atom is -0.465 e. The van der Waals surface area contributed by atoms with Gasteiger partial charge < -0.3 is 9.84 Å². The van der Waals surface area contributed by atoms with Gasteiger partial charge in [-0.3, -0.25) is 9.59 Å². The molecular formula is C32H50O4. The van der Waals surface area contributed by atoms with Gasteiger partial charge in [-0.25, -0.2) is 0 Å². The Labute approximate surface area is 219 Å². The van der Waals surface area contributed by atoms with Gasteiger partial charge in [0.15, 0.2) is 0 Å².